The molecular weight excluding hydrogens is 1250 g/mol. The number of carbonyl (C=O) groups is 4. The number of aromatic hydroxyl groups is 1. The van der Waals surface area contributed by atoms with E-state index >= 15 is 0 Å². The van der Waals surface area contributed by atoms with Crippen LogP contribution < -0.4 is 4.74 Å². The van der Waals surface area contributed by atoms with Crippen molar-refractivity contribution in [1.29, 1.82) is 0 Å². The van der Waals surface area contributed by atoms with Gasteiger partial charge in [-0.1, -0.05) is 120 Å². The SMILES string of the molecule is FC(F)(F)c1ccc(-c2ccc(CCl)s2)cc1.O=C(C[C@@H](c1ccc(O)cc1)c1ccon1)N1C(=O)OC[C@@H]1Cc1ccccc1.O=C(C[C@@H](c1ccc(OCc2ccc(-c3ccc(C(F)(F)F)cc3)s2)cc1)c1ccon1)N1C(=O)OC[C@@H]1Cc1ccccc1. The Morgan fingerprint density at radius 3 is 1.36 bits per heavy atom. The maximum Gasteiger partial charge on any atom is 0.416 e. The lowest BCUT2D eigenvalue weighted by Crippen LogP contribution is -2.40. The number of hydrogen-bond donors (Lipinski definition) is 1. The molecule has 2 saturated heterocycles. The molecule has 6 aromatic carbocycles. The van der Waals surface area contributed by atoms with Crippen molar-refractivity contribution in [3.63, 3.8) is 0 Å². The molecule has 0 unspecified atom stereocenters. The average Bonchev–Trinajstić information content (AvgIpc) is 3.71. The summed E-state index contributed by atoms with van der Waals surface area (Å²) >= 11 is 8.60. The van der Waals surface area contributed by atoms with Crippen LogP contribution in [0, 0.1) is 0 Å². The van der Waals surface area contributed by atoms with E-state index in [1.807, 2.05) is 97.1 Å². The molecule has 0 aliphatic carbocycles. The van der Waals surface area contributed by atoms with E-state index in [0.29, 0.717) is 41.4 Å². The molecule has 0 bridgehead atoms. The smallest absolute Gasteiger partial charge is 0.416 e. The minimum Gasteiger partial charge on any atom is -0.508 e. The summed E-state index contributed by atoms with van der Waals surface area (Å²) < 4.78 is 102. The molecule has 2 fully saturated rings. The maximum atomic E-state index is 13.5. The lowest BCUT2D eigenvalue weighted by atomic mass is 9.91. The Hall–Kier alpha value is -9.51. The van der Waals surface area contributed by atoms with Gasteiger partial charge in [0.15, 0.2) is 0 Å². The Kier molecular flexibility index (Phi) is 20.8. The molecule has 10 aromatic rings. The number of ether oxygens (including phenoxy) is 3. The molecule has 1 N–H and O–H groups in total. The summed E-state index contributed by atoms with van der Waals surface area (Å²) in [7, 11) is 0. The van der Waals surface area contributed by atoms with Crippen LogP contribution in [0.2, 0.25) is 0 Å². The number of nitrogens with zero attached hydrogens (tertiary/aromatic N) is 4. The van der Waals surface area contributed by atoms with Gasteiger partial charge in [-0.2, -0.15) is 26.3 Å². The highest BCUT2D eigenvalue weighted by Gasteiger charge is 2.41. The van der Waals surface area contributed by atoms with Gasteiger partial charge in [0, 0.05) is 56.3 Å². The minimum atomic E-state index is -4.37. The first-order chi connectivity index (χ1) is 43.9. The van der Waals surface area contributed by atoms with E-state index in [2.05, 4.69) is 10.3 Å². The second-order valence-electron chi connectivity index (χ2n) is 21.0. The molecular formula is C68H55ClF6N4O10S2. The molecule has 0 radical (unpaired) electrons. The third-order valence-electron chi connectivity index (χ3n) is 14.9. The molecule has 2 aliphatic heterocycles. The third-order valence-corrected chi connectivity index (χ3v) is 17.6. The van der Waals surface area contributed by atoms with Crippen molar-refractivity contribution in [2.24, 2.45) is 0 Å². The minimum absolute atomic E-state index is 0.0188. The first kappa shape index (κ1) is 64.5. The number of phenols is 1. The van der Waals surface area contributed by atoms with Crippen LogP contribution in [0.15, 0.2) is 216 Å². The molecule has 12 rings (SSSR count). The molecule has 2 aliphatic rings. The highest BCUT2D eigenvalue weighted by Crippen LogP contribution is 2.37. The zero-order valence-corrected chi connectivity index (χ0v) is 50.4. The number of phenolic OH excluding ortho intramolecular Hbond substituents is 1. The first-order valence-corrected chi connectivity index (χ1v) is 30.5. The van der Waals surface area contributed by atoms with Gasteiger partial charge in [-0.25, -0.2) is 19.4 Å². The zero-order valence-electron chi connectivity index (χ0n) is 48.0. The Labute approximate surface area is 530 Å². The van der Waals surface area contributed by atoms with Crippen LogP contribution in [0.3, 0.4) is 0 Å². The Morgan fingerprint density at radius 1 is 0.549 bits per heavy atom. The summed E-state index contributed by atoms with van der Waals surface area (Å²) in [4.78, 5) is 57.6. The largest absolute Gasteiger partial charge is 0.508 e. The van der Waals surface area contributed by atoms with Crippen LogP contribution in [0.25, 0.3) is 20.9 Å². The topological polar surface area (TPSA) is 175 Å². The lowest BCUT2D eigenvalue weighted by Gasteiger charge is -2.22. The summed E-state index contributed by atoms with van der Waals surface area (Å²) in [5.41, 5.74) is 4.90. The molecule has 23 heteroatoms. The van der Waals surface area contributed by atoms with E-state index in [9.17, 15) is 50.6 Å². The van der Waals surface area contributed by atoms with E-state index < -0.39 is 53.5 Å². The quantitative estimate of drug-likeness (QED) is 0.0637. The van der Waals surface area contributed by atoms with Gasteiger partial charge in [0.05, 0.1) is 40.5 Å². The molecule has 4 amide bonds. The molecule has 4 atom stereocenters. The van der Waals surface area contributed by atoms with Crippen LogP contribution in [0.1, 0.15) is 79.2 Å². The van der Waals surface area contributed by atoms with Crippen LogP contribution in [0.4, 0.5) is 35.9 Å². The summed E-state index contributed by atoms with van der Waals surface area (Å²) in [5, 5.41) is 17.6. The van der Waals surface area contributed by atoms with Crippen molar-refractivity contribution >= 4 is 58.3 Å². The van der Waals surface area contributed by atoms with Crippen LogP contribution in [-0.4, -0.2) is 74.5 Å². The fourth-order valence-corrected chi connectivity index (χ4v) is 12.3. The van der Waals surface area contributed by atoms with Gasteiger partial charge in [0.2, 0.25) is 11.8 Å². The van der Waals surface area contributed by atoms with Crippen molar-refractivity contribution in [2.75, 3.05) is 13.2 Å². The fraction of sp³-hybridized carbons (Fsp3) is 0.206. The number of alkyl halides is 7. The monoisotopic (exact) mass is 1300 g/mol. The number of hydrogen-bond acceptors (Lipinski definition) is 14. The molecule has 14 nitrogen and oxygen atoms in total. The van der Waals surface area contributed by atoms with E-state index in [-0.39, 0.29) is 56.3 Å². The molecule has 0 spiro atoms. The number of aromatic nitrogens is 2. The summed E-state index contributed by atoms with van der Waals surface area (Å²) in [6.45, 7) is 0.583. The molecule has 4 aromatic heterocycles. The molecule has 6 heterocycles. The van der Waals surface area contributed by atoms with Gasteiger partial charge < -0.3 is 28.4 Å². The Morgan fingerprint density at radius 2 is 0.967 bits per heavy atom. The van der Waals surface area contributed by atoms with E-state index in [1.165, 1.54) is 69.3 Å². The standard InChI is InChI=1S/C34H27F3N2O5S.C22H20N2O5.C12H8ClF3S/c35-34(36,37)25-10-6-24(7-11-25)31-15-14-28(45-31)21-42-27-12-8-23(9-13-27)29(30-16-17-44-38-30)19-32(40)39-26(20-43-33(39)41)18-22-4-2-1-3-5-22;25-18-8-6-16(7-9-18)19(20-10-11-29-23-20)13-21(26)24-17(14-28-22(24)27)12-15-4-2-1-3-5-15;13-7-10-5-6-11(17-10)8-1-3-9(4-2-8)12(14,15)16/h1-17,26,29H,18-21H2;1-11,17,19,25H,12-14H2;1-6H,7H2/t26-,29-;17-,19-;/m00./s1. The Bertz CT molecular complexity index is 3990. The van der Waals surface area contributed by atoms with Gasteiger partial charge in [0.25, 0.3) is 0 Å². The number of benzene rings is 6. The normalized spacial score (nSPS) is 15.4. The van der Waals surface area contributed by atoms with Gasteiger partial charge in [0.1, 0.15) is 43.8 Å². The second-order valence-corrected chi connectivity index (χ2v) is 23.6. The molecule has 468 valence electrons. The van der Waals surface area contributed by atoms with Crippen molar-refractivity contribution in [3.05, 3.63) is 261 Å². The highest BCUT2D eigenvalue weighted by atomic mass is 35.5. The number of rotatable bonds is 18. The zero-order chi connectivity index (χ0) is 64.1. The second kappa shape index (κ2) is 29.4. The predicted octanol–water partition coefficient (Wildman–Crippen LogP) is 16.8. The lowest BCUT2D eigenvalue weighted by molar-refractivity contribution is -0.138. The van der Waals surface area contributed by atoms with Gasteiger partial charge in [-0.15, -0.1) is 34.3 Å². The number of cyclic esters (lactones) is 2. The van der Waals surface area contributed by atoms with Gasteiger partial charge in [-0.05, 0) is 119 Å². The molecule has 0 saturated carbocycles. The van der Waals surface area contributed by atoms with Crippen molar-refractivity contribution in [3.8, 4) is 32.4 Å². The van der Waals surface area contributed by atoms with E-state index in [0.717, 1.165) is 71.6 Å². The van der Waals surface area contributed by atoms with E-state index in [4.69, 9.17) is 34.9 Å². The highest BCUT2D eigenvalue weighted by molar-refractivity contribution is 7.15. The summed E-state index contributed by atoms with van der Waals surface area (Å²) in [6.07, 6.45) is -6.02. The number of carbonyl (C=O) groups excluding carboxylic acids is 4. The summed E-state index contributed by atoms with van der Waals surface area (Å²) in [6, 6.07) is 53.5. The maximum absolute atomic E-state index is 13.5. The van der Waals surface area contributed by atoms with Gasteiger partial charge in [-0.3, -0.25) is 9.59 Å². The Balaban J connectivity index is 0.000000168. The van der Waals surface area contributed by atoms with Crippen LogP contribution in [0.5, 0.6) is 11.5 Å². The first-order valence-electron chi connectivity index (χ1n) is 28.3. The fourth-order valence-electron chi connectivity index (χ4n) is 10.3. The number of amides is 4. The van der Waals surface area contributed by atoms with E-state index in [1.54, 1.807) is 48.5 Å². The van der Waals surface area contributed by atoms with Crippen molar-refractivity contribution < 1.29 is 73.9 Å². The van der Waals surface area contributed by atoms with Crippen LogP contribution in [-0.2, 0) is 56.7 Å². The number of thiophene rings is 2. The average molecular weight is 1300 g/mol. The van der Waals surface area contributed by atoms with Crippen molar-refractivity contribution in [1.82, 2.24) is 20.1 Å². The van der Waals surface area contributed by atoms with Gasteiger partial charge >= 0.3 is 24.5 Å². The summed E-state index contributed by atoms with van der Waals surface area (Å²) in [5.74, 6) is -0.440. The predicted molar refractivity (Wildman–Crippen MR) is 328 cm³/mol. The van der Waals surface area contributed by atoms with Crippen LogP contribution >= 0.6 is 34.3 Å². The third kappa shape index (κ3) is 16.9. The molecule has 91 heavy (non-hydrogen) atoms. The van der Waals surface area contributed by atoms with Crippen molar-refractivity contribution in [2.45, 2.75) is 74.4 Å². The number of imide groups is 2. The number of halogens is 7.